The Labute approximate surface area is 168 Å². The Kier molecular flexibility index (Phi) is 5.21. The van der Waals surface area contributed by atoms with Crippen LogP contribution in [0.2, 0.25) is 0 Å². The largest absolute Gasteiger partial charge is 0.497 e. The lowest BCUT2D eigenvalue weighted by molar-refractivity contribution is 0.0968. The SMILES string of the molecule is COc1ccc2c(c1)CCN1CCC(N(C)S(=O)(=O)c3ccc(C)cc3)CC21. The minimum absolute atomic E-state index is 0.000560. The van der Waals surface area contributed by atoms with Crippen molar-refractivity contribution in [3.8, 4) is 5.75 Å². The van der Waals surface area contributed by atoms with Gasteiger partial charge >= 0.3 is 0 Å². The van der Waals surface area contributed by atoms with Gasteiger partial charge in [-0.3, -0.25) is 4.90 Å². The van der Waals surface area contributed by atoms with E-state index < -0.39 is 10.0 Å². The normalized spacial score (nSPS) is 22.6. The molecule has 0 radical (unpaired) electrons. The van der Waals surface area contributed by atoms with E-state index in [1.165, 1.54) is 11.1 Å². The third-order valence-corrected chi connectivity index (χ3v) is 8.20. The number of nitrogens with zero attached hydrogens (tertiary/aromatic N) is 2. The maximum Gasteiger partial charge on any atom is 0.243 e. The van der Waals surface area contributed by atoms with Crippen molar-refractivity contribution in [2.45, 2.75) is 43.2 Å². The summed E-state index contributed by atoms with van der Waals surface area (Å²) in [6, 6.07) is 13.7. The molecule has 150 valence electrons. The van der Waals surface area contributed by atoms with Crippen LogP contribution in [-0.4, -0.2) is 50.9 Å². The van der Waals surface area contributed by atoms with E-state index >= 15 is 0 Å². The average molecular weight is 401 g/mol. The number of hydrogen-bond donors (Lipinski definition) is 0. The van der Waals surface area contributed by atoms with Gasteiger partial charge in [-0.1, -0.05) is 23.8 Å². The van der Waals surface area contributed by atoms with Crippen molar-refractivity contribution in [3.63, 3.8) is 0 Å². The number of sulfonamides is 1. The van der Waals surface area contributed by atoms with Crippen LogP contribution in [0.3, 0.4) is 0 Å². The molecule has 2 aliphatic heterocycles. The van der Waals surface area contributed by atoms with Gasteiger partial charge in [-0.05, 0) is 61.6 Å². The van der Waals surface area contributed by atoms with Gasteiger partial charge in [-0.25, -0.2) is 8.42 Å². The summed E-state index contributed by atoms with van der Waals surface area (Å²) in [7, 11) is -0.0641. The summed E-state index contributed by atoms with van der Waals surface area (Å²) in [5.41, 5.74) is 3.70. The van der Waals surface area contributed by atoms with Gasteiger partial charge < -0.3 is 4.74 Å². The van der Waals surface area contributed by atoms with Gasteiger partial charge in [0, 0.05) is 32.2 Å². The molecule has 1 saturated heterocycles. The van der Waals surface area contributed by atoms with Crippen molar-refractivity contribution in [2.75, 3.05) is 27.2 Å². The molecule has 2 atom stereocenters. The highest BCUT2D eigenvalue weighted by Gasteiger charge is 2.38. The summed E-state index contributed by atoms with van der Waals surface area (Å²) in [5.74, 6) is 0.888. The fourth-order valence-electron chi connectivity index (χ4n) is 4.50. The smallest absolute Gasteiger partial charge is 0.243 e. The highest BCUT2D eigenvalue weighted by atomic mass is 32.2. The van der Waals surface area contributed by atoms with Gasteiger partial charge in [-0.15, -0.1) is 0 Å². The molecule has 28 heavy (non-hydrogen) atoms. The average Bonchev–Trinajstić information content (AvgIpc) is 2.72. The van der Waals surface area contributed by atoms with Crippen LogP contribution in [0.5, 0.6) is 5.75 Å². The number of rotatable bonds is 4. The molecule has 0 aliphatic carbocycles. The van der Waals surface area contributed by atoms with Crippen LogP contribution in [-0.2, 0) is 16.4 Å². The second kappa shape index (κ2) is 7.50. The van der Waals surface area contributed by atoms with E-state index in [-0.39, 0.29) is 12.1 Å². The molecule has 0 amide bonds. The molecule has 6 heteroatoms. The minimum atomic E-state index is -3.49. The fraction of sp³-hybridized carbons (Fsp3) is 0.455. The molecule has 4 rings (SSSR count). The highest BCUT2D eigenvalue weighted by molar-refractivity contribution is 7.89. The molecule has 2 aliphatic rings. The summed E-state index contributed by atoms with van der Waals surface area (Å²) in [6.45, 7) is 3.91. The lowest BCUT2D eigenvalue weighted by Crippen LogP contribution is -2.48. The zero-order valence-electron chi connectivity index (χ0n) is 16.8. The third kappa shape index (κ3) is 3.45. The second-order valence-electron chi connectivity index (χ2n) is 7.88. The Morgan fingerprint density at radius 1 is 1.11 bits per heavy atom. The van der Waals surface area contributed by atoms with Crippen molar-refractivity contribution in [2.24, 2.45) is 0 Å². The number of aryl methyl sites for hydroxylation is 1. The summed E-state index contributed by atoms with van der Waals surface area (Å²) in [4.78, 5) is 2.87. The molecule has 0 bridgehead atoms. The molecule has 2 heterocycles. The van der Waals surface area contributed by atoms with Gasteiger partial charge in [0.05, 0.1) is 12.0 Å². The molecule has 0 spiro atoms. The van der Waals surface area contributed by atoms with Crippen LogP contribution in [0.1, 0.15) is 35.6 Å². The fourth-order valence-corrected chi connectivity index (χ4v) is 5.90. The van der Waals surface area contributed by atoms with E-state index in [2.05, 4.69) is 17.0 Å². The Balaban J connectivity index is 1.58. The van der Waals surface area contributed by atoms with E-state index in [1.54, 1.807) is 30.6 Å². The first-order valence-corrected chi connectivity index (χ1v) is 11.3. The quantitative estimate of drug-likeness (QED) is 0.789. The molecular formula is C22H28N2O3S. The van der Waals surface area contributed by atoms with Crippen LogP contribution in [0, 0.1) is 6.92 Å². The third-order valence-electron chi connectivity index (χ3n) is 6.28. The number of methoxy groups -OCH3 is 1. The molecule has 2 unspecified atom stereocenters. The molecule has 2 aromatic carbocycles. The van der Waals surface area contributed by atoms with Gasteiger partial charge in [0.15, 0.2) is 0 Å². The molecule has 1 fully saturated rings. The van der Waals surface area contributed by atoms with Crippen LogP contribution in [0.15, 0.2) is 47.4 Å². The summed E-state index contributed by atoms with van der Waals surface area (Å²) in [6.07, 6.45) is 2.70. The van der Waals surface area contributed by atoms with Gasteiger partial charge in [0.1, 0.15) is 5.75 Å². The maximum atomic E-state index is 13.1. The number of fused-ring (bicyclic) bond motifs is 3. The maximum absolute atomic E-state index is 13.1. The zero-order chi connectivity index (χ0) is 19.9. The second-order valence-corrected chi connectivity index (χ2v) is 9.88. The molecular weight excluding hydrogens is 372 g/mol. The predicted octanol–water partition coefficient (Wildman–Crippen LogP) is 3.39. The molecule has 0 aromatic heterocycles. The van der Waals surface area contributed by atoms with Gasteiger partial charge in [0.25, 0.3) is 0 Å². The number of benzene rings is 2. The summed E-state index contributed by atoms with van der Waals surface area (Å²) < 4.78 is 33.2. The summed E-state index contributed by atoms with van der Waals surface area (Å²) >= 11 is 0. The highest BCUT2D eigenvalue weighted by Crippen LogP contribution is 2.39. The standard InChI is InChI=1S/C22H28N2O3S/c1-16-4-7-20(8-5-16)28(25,26)23(2)18-11-13-24-12-10-17-14-19(27-3)6-9-21(17)22(24)15-18/h4-9,14,18,22H,10-13,15H2,1-3H3. The molecule has 2 aromatic rings. The van der Waals surface area contributed by atoms with E-state index in [0.29, 0.717) is 4.90 Å². The lowest BCUT2D eigenvalue weighted by atomic mass is 9.85. The van der Waals surface area contributed by atoms with Crippen LogP contribution in [0.25, 0.3) is 0 Å². The van der Waals surface area contributed by atoms with Crippen molar-refractivity contribution in [3.05, 3.63) is 59.2 Å². The topological polar surface area (TPSA) is 49.9 Å². The van der Waals surface area contributed by atoms with Crippen molar-refractivity contribution >= 4 is 10.0 Å². The number of hydrogen-bond acceptors (Lipinski definition) is 4. The van der Waals surface area contributed by atoms with Crippen LogP contribution < -0.4 is 4.74 Å². The van der Waals surface area contributed by atoms with Crippen molar-refractivity contribution < 1.29 is 13.2 Å². The predicted molar refractivity (Wildman–Crippen MR) is 110 cm³/mol. The van der Waals surface area contributed by atoms with Crippen molar-refractivity contribution in [1.29, 1.82) is 0 Å². The molecule has 0 N–H and O–H groups in total. The van der Waals surface area contributed by atoms with Gasteiger partial charge in [-0.2, -0.15) is 4.31 Å². The molecule has 0 saturated carbocycles. The van der Waals surface area contributed by atoms with Gasteiger partial charge in [0.2, 0.25) is 10.0 Å². The van der Waals surface area contributed by atoms with Crippen LogP contribution in [0.4, 0.5) is 0 Å². The van der Waals surface area contributed by atoms with Crippen LogP contribution >= 0.6 is 0 Å². The lowest BCUT2D eigenvalue weighted by Gasteiger charge is -2.45. The number of piperidine rings is 1. The Morgan fingerprint density at radius 2 is 1.86 bits per heavy atom. The van der Waals surface area contributed by atoms with E-state index in [0.717, 1.165) is 43.7 Å². The van der Waals surface area contributed by atoms with E-state index in [1.807, 2.05) is 25.1 Å². The first-order valence-electron chi connectivity index (χ1n) is 9.85. The monoisotopic (exact) mass is 400 g/mol. The summed E-state index contributed by atoms with van der Waals surface area (Å²) in [5, 5.41) is 0. The Hall–Kier alpha value is -1.89. The zero-order valence-corrected chi connectivity index (χ0v) is 17.6. The van der Waals surface area contributed by atoms with E-state index in [4.69, 9.17) is 4.74 Å². The van der Waals surface area contributed by atoms with Crippen molar-refractivity contribution in [1.82, 2.24) is 9.21 Å². The first kappa shape index (κ1) is 19.4. The Bertz CT molecular complexity index is 956. The minimum Gasteiger partial charge on any atom is -0.497 e. The first-order chi connectivity index (χ1) is 13.4. The van der Waals surface area contributed by atoms with E-state index in [9.17, 15) is 8.42 Å². The number of ether oxygens (including phenoxy) is 1. The Morgan fingerprint density at radius 3 is 2.57 bits per heavy atom. The molecule has 5 nitrogen and oxygen atoms in total.